The average Bonchev–Trinajstić information content (AvgIpc) is 2.85. The molecule has 0 radical (unpaired) electrons. The summed E-state index contributed by atoms with van der Waals surface area (Å²) in [5.41, 5.74) is 4.80. The molecule has 6 nitrogen and oxygen atoms in total. The van der Waals surface area contributed by atoms with E-state index in [1.807, 2.05) is 27.7 Å². The molecule has 0 saturated carbocycles. The van der Waals surface area contributed by atoms with E-state index in [4.69, 9.17) is 0 Å². The highest BCUT2D eigenvalue weighted by molar-refractivity contribution is 5.63. The highest BCUT2D eigenvalue weighted by atomic mass is 16.1. The molecule has 3 rings (SSSR count). The minimum atomic E-state index is -0.218. The third-order valence-corrected chi connectivity index (χ3v) is 4.25. The van der Waals surface area contributed by atoms with Crippen LogP contribution >= 0.6 is 0 Å². The molecule has 0 aliphatic heterocycles. The quantitative estimate of drug-likeness (QED) is 0.777. The summed E-state index contributed by atoms with van der Waals surface area (Å²) in [7, 11) is 0. The molecule has 0 amide bonds. The Kier molecular flexibility index (Phi) is 3.67. The van der Waals surface area contributed by atoms with Gasteiger partial charge in [0.2, 0.25) is 0 Å². The second-order valence-corrected chi connectivity index (χ2v) is 5.73. The van der Waals surface area contributed by atoms with Crippen molar-refractivity contribution in [2.75, 3.05) is 0 Å². The number of hydrogen-bond acceptors (Lipinski definition) is 3. The maximum atomic E-state index is 12.4. The highest BCUT2D eigenvalue weighted by Gasteiger charge is 2.14. The van der Waals surface area contributed by atoms with Crippen LogP contribution in [0.2, 0.25) is 0 Å². The van der Waals surface area contributed by atoms with E-state index in [1.165, 1.54) is 10.6 Å². The Morgan fingerprint density at radius 1 is 1.13 bits per heavy atom. The number of nitrogens with one attached hydrogen (secondary N) is 2. The van der Waals surface area contributed by atoms with E-state index in [1.54, 1.807) is 6.07 Å². The van der Waals surface area contributed by atoms with Crippen molar-refractivity contribution in [3.05, 3.63) is 55.4 Å². The molecule has 0 atom stereocenters. The van der Waals surface area contributed by atoms with Crippen LogP contribution in [0.1, 0.15) is 36.4 Å². The molecule has 3 aromatic rings. The van der Waals surface area contributed by atoms with E-state index in [0.717, 1.165) is 35.4 Å². The third-order valence-electron chi connectivity index (χ3n) is 4.25. The number of hydrogen-bond donors (Lipinski definition) is 2. The van der Waals surface area contributed by atoms with E-state index >= 15 is 0 Å². The molecule has 0 spiro atoms. The Morgan fingerprint density at radius 2 is 1.87 bits per heavy atom. The fraction of sp³-hybridized carbons (Fsp3) is 0.353. The van der Waals surface area contributed by atoms with E-state index < -0.39 is 0 Å². The van der Waals surface area contributed by atoms with Crippen LogP contribution in [0.5, 0.6) is 0 Å². The topological polar surface area (TPSA) is 83.0 Å². The average molecular weight is 312 g/mol. The highest BCUT2D eigenvalue weighted by Crippen LogP contribution is 2.18. The molecule has 0 saturated heterocycles. The summed E-state index contributed by atoms with van der Waals surface area (Å²) in [4.78, 5) is 32.1. The van der Waals surface area contributed by atoms with Gasteiger partial charge in [0, 0.05) is 23.0 Å². The third kappa shape index (κ3) is 2.40. The van der Waals surface area contributed by atoms with Crippen LogP contribution in [0, 0.1) is 13.8 Å². The van der Waals surface area contributed by atoms with Gasteiger partial charge in [0.05, 0.1) is 11.3 Å². The molecule has 0 aromatic carbocycles. The van der Waals surface area contributed by atoms with Gasteiger partial charge in [0.15, 0.2) is 5.65 Å². The van der Waals surface area contributed by atoms with Crippen molar-refractivity contribution >= 4 is 5.65 Å². The Morgan fingerprint density at radius 3 is 2.52 bits per heavy atom. The first kappa shape index (κ1) is 15.3. The number of rotatable bonds is 3. The number of nitrogens with zero attached hydrogens (tertiary/aromatic N) is 2. The zero-order chi connectivity index (χ0) is 16.7. The van der Waals surface area contributed by atoms with Crippen LogP contribution in [0.15, 0.2) is 21.7 Å². The first-order chi connectivity index (χ1) is 11.0. The molecule has 3 heterocycles. The van der Waals surface area contributed by atoms with Crippen LogP contribution in [-0.4, -0.2) is 19.6 Å². The molecule has 0 fully saturated rings. The summed E-state index contributed by atoms with van der Waals surface area (Å²) in [5, 5.41) is 3.02. The number of fused-ring (bicyclic) bond motifs is 1. The largest absolute Gasteiger partial charge is 0.325 e. The van der Waals surface area contributed by atoms with Crippen molar-refractivity contribution in [3.63, 3.8) is 0 Å². The van der Waals surface area contributed by atoms with Crippen LogP contribution in [0.4, 0.5) is 0 Å². The van der Waals surface area contributed by atoms with Crippen LogP contribution < -0.4 is 11.1 Å². The van der Waals surface area contributed by atoms with Crippen molar-refractivity contribution in [1.82, 2.24) is 19.6 Å². The van der Waals surface area contributed by atoms with Crippen molar-refractivity contribution < 1.29 is 0 Å². The number of aryl methyl sites for hydroxylation is 4. The van der Waals surface area contributed by atoms with Crippen molar-refractivity contribution in [3.8, 4) is 11.3 Å². The minimum absolute atomic E-state index is 0.214. The molecule has 0 bridgehead atoms. The lowest BCUT2D eigenvalue weighted by Crippen LogP contribution is -2.18. The van der Waals surface area contributed by atoms with Gasteiger partial charge in [-0.3, -0.25) is 14.7 Å². The van der Waals surface area contributed by atoms with Gasteiger partial charge < -0.3 is 4.98 Å². The van der Waals surface area contributed by atoms with Crippen molar-refractivity contribution in [1.29, 1.82) is 0 Å². The Balaban J connectivity index is 2.31. The van der Waals surface area contributed by atoms with Gasteiger partial charge in [-0.25, -0.2) is 9.50 Å². The Labute approximate surface area is 133 Å². The standard InChI is InChI=1S/C17H20N4O2/c1-5-11-10(4)20-21-15(22)8-14(18-16(11)21)12-7-9(3)13(6-2)19-17(12)23/h7-8,20H,5-6H2,1-4H3,(H,19,23). The smallest absolute Gasteiger partial charge is 0.273 e. The fourth-order valence-corrected chi connectivity index (χ4v) is 2.99. The lowest BCUT2D eigenvalue weighted by atomic mass is 10.1. The molecule has 3 aromatic heterocycles. The second-order valence-electron chi connectivity index (χ2n) is 5.73. The summed E-state index contributed by atoms with van der Waals surface area (Å²) in [6.07, 6.45) is 1.52. The predicted molar refractivity (Wildman–Crippen MR) is 90.1 cm³/mol. The Hall–Kier alpha value is -2.63. The van der Waals surface area contributed by atoms with Crippen molar-refractivity contribution in [2.24, 2.45) is 0 Å². The lowest BCUT2D eigenvalue weighted by Gasteiger charge is -2.06. The second kappa shape index (κ2) is 5.53. The Bertz CT molecular complexity index is 1010. The van der Waals surface area contributed by atoms with Crippen LogP contribution in [-0.2, 0) is 12.8 Å². The van der Waals surface area contributed by atoms with Crippen LogP contribution in [0.3, 0.4) is 0 Å². The summed E-state index contributed by atoms with van der Waals surface area (Å²) in [6.45, 7) is 7.87. The summed E-state index contributed by atoms with van der Waals surface area (Å²) in [5.74, 6) is 0. The predicted octanol–water partition coefficient (Wildman–Crippen LogP) is 2.12. The van der Waals surface area contributed by atoms with E-state index in [-0.39, 0.29) is 11.1 Å². The van der Waals surface area contributed by atoms with Crippen LogP contribution in [0.25, 0.3) is 16.9 Å². The molecular weight excluding hydrogens is 292 g/mol. The molecule has 0 aliphatic rings. The monoisotopic (exact) mass is 312 g/mol. The fourth-order valence-electron chi connectivity index (χ4n) is 2.99. The molecule has 2 N–H and O–H groups in total. The van der Waals surface area contributed by atoms with Gasteiger partial charge in [-0.1, -0.05) is 13.8 Å². The lowest BCUT2D eigenvalue weighted by molar-refractivity contribution is 0.881. The van der Waals surface area contributed by atoms with E-state index in [0.29, 0.717) is 16.9 Å². The summed E-state index contributed by atoms with van der Waals surface area (Å²) >= 11 is 0. The first-order valence-corrected chi connectivity index (χ1v) is 7.80. The molecule has 0 unspecified atom stereocenters. The maximum Gasteiger partial charge on any atom is 0.273 e. The van der Waals surface area contributed by atoms with Gasteiger partial charge >= 0.3 is 0 Å². The summed E-state index contributed by atoms with van der Waals surface area (Å²) < 4.78 is 1.43. The minimum Gasteiger partial charge on any atom is -0.325 e. The maximum absolute atomic E-state index is 12.4. The van der Waals surface area contributed by atoms with Gasteiger partial charge in [-0.15, -0.1) is 0 Å². The van der Waals surface area contributed by atoms with Gasteiger partial charge in [-0.05, 0) is 38.3 Å². The van der Waals surface area contributed by atoms with Gasteiger partial charge in [-0.2, -0.15) is 0 Å². The van der Waals surface area contributed by atoms with Crippen molar-refractivity contribution in [2.45, 2.75) is 40.5 Å². The normalized spacial score (nSPS) is 11.3. The van der Waals surface area contributed by atoms with E-state index in [9.17, 15) is 9.59 Å². The molecule has 120 valence electrons. The zero-order valence-electron chi connectivity index (χ0n) is 13.8. The zero-order valence-corrected chi connectivity index (χ0v) is 13.8. The number of aromatic nitrogens is 4. The SMILES string of the molecule is CCc1[nH]c(=O)c(-c2cc(=O)n3[nH]c(C)c(CC)c3n2)cc1C. The number of H-pyrrole nitrogens is 2. The van der Waals surface area contributed by atoms with Gasteiger partial charge in [0.25, 0.3) is 11.1 Å². The summed E-state index contributed by atoms with van der Waals surface area (Å²) in [6, 6.07) is 3.21. The molecule has 0 aliphatic carbocycles. The number of aromatic amines is 2. The number of pyridine rings is 1. The first-order valence-electron chi connectivity index (χ1n) is 7.80. The molecule has 23 heavy (non-hydrogen) atoms. The molecular formula is C17H20N4O2. The van der Waals surface area contributed by atoms with E-state index in [2.05, 4.69) is 15.1 Å². The molecule has 6 heteroatoms. The van der Waals surface area contributed by atoms with Gasteiger partial charge in [0.1, 0.15) is 0 Å².